The molecule has 5 aromatic rings. The van der Waals surface area contributed by atoms with Crippen molar-refractivity contribution in [3.8, 4) is 28.5 Å². The first-order chi connectivity index (χ1) is 26.3. The van der Waals surface area contributed by atoms with Crippen molar-refractivity contribution in [3.63, 3.8) is 0 Å². The van der Waals surface area contributed by atoms with Crippen molar-refractivity contribution >= 4 is 35.6 Å². The SMILES string of the molecule is COCCn1c(-c2cc3c(cc2C(=O)N2Cc4ccccc4C[C@H]2CN2CCOCC2)OCO3)cc(C(=O)N(c2ccc(O)cc2)c2cnn(C)c2)c1C.Cl. The Balaban J connectivity index is 0.00000465. The first kappa shape index (κ1) is 38.0. The summed E-state index contributed by atoms with van der Waals surface area (Å²) >= 11 is 0. The number of aromatic hydroxyl groups is 1. The largest absolute Gasteiger partial charge is 0.508 e. The number of nitrogens with zero attached hydrogens (tertiary/aromatic N) is 6. The van der Waals surface area contributed by atoms with E-state index < -0.39 is 0 Å². The van der Waals surface area contributed by atoms with Crippen LogP contribution in [0.5, 0.6) is 17.2 Å². The molecule has 0 saturated carbocycles. The molecule has 8 rings (SSSR count). The number of carbonyl (C=O) groups is 2. The Bertz CT molecular complexity index is 2180. The number of rotatable bonds is 10. The minimum atomic E-state index is -0.296. The molecule has 2 amide bonds. The van der Waals surface area contributed by atoms with Crippen LogP contribution in [0.25, 0.3) is 11.3 Å². The Morgan fingerprint density at radius 2 is 1.69 bits per heavy atom. The number of hydrogen-bond acceptors (Lipinski definition) is 9. The molecule has 1 atom stereocenters. The molecule has 0 radical (unpaired) electrons. The Morgan fingerprint density at radius 3 is 2.40 bits per heavy atom. The van der Waals surface area contributed by atoms with Crippen molar-refractivity contribution in [2.45, 2.75) is 32.5 Å². The molecule has 0 bridgehead atoms. The smallest absolute Gasteiger partial charge is 0.264 e. The van der Waals surface area contributed by atoms with Crippen molar-refractivity contribution in [2.24, 2.45) is 7.05 Å². The fourth-order valence-electron chi connectivity index (χ4n) is 7.74. The summed E-state index contributed by atoms with van der Waals surface area (Å²) < 4.78 is 26.6. The van der Waals surface area contributed by atoms with Crippen LogP contribution in [0.2, 0.25) is 0 Å². The number of benzene rings is 3. The van der Waals surface area contributed by atoms with Crippen LogP contribution in [-0.4, -0.2) is 100 Å². The number of fused-ring (bicyclic) bond motifs is 2. The highest BCUT2D eigenvalue weighted by molar-refractivity contribution is 6.12. The maximum absolute atomic E-state index is 15.2. The fraction of sp³-hybridized carbons (Fsp3) is 0.341. The van der Waals surface area contributed by atoms with E-state index >= 15 is 4.79 Å². The van der Waals surface area contributed by atoms with Crippen LogP contribution in [0.3, 0.4) is 0 Å². The summed E-state index contributed by atoms with van der Waals surface area (Å²) in [6.45, 7) is 6.93. The minimum Gasteiger partial charge on any atom is -0.508 e. The summed E-state index contributed by atoms with van der Waals surface area (Å²) in [7, 11) is 3.43. The van der Waals surface area contributed by atoms with Crippen LogP contribution in [-0.2, 0) is 36.0 Å². The first-order valence-corrected chi connectivity index (χ1v) is 18.2. The summed E-state index contributed by atoms with van der Waals surface area (Å²) in [6, 6.07) is 20.2. The molecule has 3 aromatic carbocycles. The molecule has 13 nitrogen and oxygen atoms in total. The van der Waals surface area contributed by atoms with Crippen LogP contribution in [0.15, 0.2) is 79.1 Å². The van der Waals surface area contributed by atoms with Gasteiger partial charge < -0.3 is 33.5 Å². The Morgan fingerprint density at radius 1 is 0.964 bits per heavy atom. The zero-order valence-corrected chi connectivity index (χ0v) is 32.0. The topological polar surface area (TPSA) is 124 Å². The van der Waals surface area contributed by atoms with Gasteiger partial charge in [0.25, 0.3) is 11.8 Å². The number of ether oxygens (including phenoxy) is 4. The number of methoxy groups -OCH3 is 1. The molecule has 0 unspecified atom stereocenters. The Labute approximate surface area is 326 Å². The van der Waals surface area contributed by atoms with Crippen LogP contribution in [0.4, 0.5) is 11.4 Å². The van der Waals surface area contributed by atoms with Gasteiger partial charge >= 0.3 is 0 Å². The van der Waals surface area contributed by atoms with Crippen molar-refractivity contribution in [3.05, 3.63) is 107 Å². The van der Waals surface area contributed by atoms with Crippen LogP contribution in [0.1, 0.15) is 37.5 Å². The zero-order chi connectivity index (χ0) is 37.3. The van der Waals surface area contributed by atoms with E-state index in [-0.39, 0.29) is 42.8 Å². The van der Waals surface area contributed by atoms with Gasteiger partial charge in [-0.2, -0.15) is 5.10 Å². The average Bonchev–Trinajstić information content (AvgIpc) is 3.92. The normalized spacial score (nSPS) is 16.4. The van der Waals surface area contributed by atoms with E-state index in [2.05, 4.69) is 28.2 Å². The second-order valence-corrected chi connectivity index (χ2v) is 13.9. The lowest BCUT2D eigenvalue weighted by atomic mass is 9.92. The van der Waals surface area contributed by atoms with Gasteiger partial charge in [-0.25, -0.2) is 0 Å². The van der Waals surface area contributed by atoms with Gasteiger partial charge in [0.2, 0.25) is 6.79 Å². The number of phenols is 1. The number of carbonyl (C=O) groups excluding carboxylic acids is 2. The molecule has 5 heterocycles. The molecular formula is C41H45ClN6O7. The second-order valence-electron chi connectivity index (χ2n) is 13.9. The Hall–Kier alpha value is -5.34. The van der Waals surface area contributed by atoms with Crippen molar-refractivity contribution in [1.82, 2.24) is 24.1 Å². The van der Waals surface area contributed by atoms with E-state index in [1.165, 1.54) is 5.56 Å². The monoisotopic (exact) mass is 768 g/mol. The van der Waals surface area contributed by atoms with Crippen LogP contribution < -0.4 is 14.4 Å². The van der Waals surface area contributed by atoms with Crippen molar-refractivity contribution < 1.29 is 33.6 Å². The Kier molecular flexibility index (Phi) is 11.2. The number of amides is 2. The van der Waals surface area contributed by atoms with E-state index in [0.29, 0.717) is 83.9 Å². The lowest BCUT2D eigenvalue weighted by molar-refractivity contribution is 0.0193. The van der Waals surface area contributed by atoms with Crippen molar-refractivity contribution in [2.75, 3.05) is 58.3 Å². The van der Waals surface area contributed by atoms with E-state index in [1.54, 1.807) is 66.5 Å². The predicted octanol–water partition coefficient (Wildman–Crippen LogP) is 5.58. The number of aryl methyl sites for hydroxylation is 1. The second kappa shape index (κ2) is 16.2. The standard InChI is InChI=1S/C41H44N6O7.ClH/c1-27-34(41(50)47(32-22-42-43(2)24-32)30-8-10-33(48)11-9-30)19-37(45(27)14-15-51-3)35-20-38-39(54-26-53-38)21-36(35)40(49)46-23-29-7-5-4-6-28(29)18-31(46)25-44-12-16-52-17-13-44;/h4-11,19-22,24,31,48H,12-18,23,25-26H2,1-3H3;1H/t31-;/m0./s1. The van der Waals surface area contributed by atoms with Gasteiger partial charge in [-0.1, -0.05) is 24.3 Å². The number of aromatic nitrogens is 3. The molecule has 3 aliphatic rings. The van der Waals surface area contributed by atoms with Gasteiger partial charge in [0, 0.05) is 76.1 Å². The van der Waals surface area contributed by atoms with E-state index in [1.807, 2.05) is 34.6 Å². The molecular weight excluding hydrogens is 724 g/mol. The third-order valence-electron chi connectivity index (χ3n) is 10.6. The average molecular weight is 769 g/mol. The third kappa shape index (κ3) is 7.52. The summed E-state index contributed by atoms with van der Waals surface area (Å²) in [4.78, 5) is 35.9. The zero-order valence-electron chi connectivity index (χ0n) is 31.1. The first-order valence-electron chi connectivity index (χ1n) is 18.2. The molecule has 2 aromatic heterocycles. The molecule has 1 fully saturated rings. The molecule has 0 aliphatic carbocycles. The summed E-state index contributed by atoms with van der Waals surface area (Å²) in [5, 5.41) is 14.4. The number of morpholine rings is 1. The van der Waals surface area contributed by atoms with Gasteiger partial charge in [0.05, 0.1) is 48.5 Å². The molecule has 3 aliphatic heterocycles. The molecule has 1 N–H and O–H groups in total. The molecule has 288 valence electrons. The number of halogens is 1. The van der Waals surface area contributed by atoms with Gasteiger partial charge in [-0.05, 0) is 66.9 Å². The minimum absolute atomic E-state index is 0. The van der Waals surface area contributed by atoms with Gasteiger partial charge in [-0.3, -0.25) is 24.1 Å². The van der Waals surface area contributed by atoms with Gasteiger partial charge in [-0.15, -0.1) is 12.4 Å². The lowest BCUT2D eigenvalue weighted by Crippen LogP contribution is -2.52. The highest BCUT2D eigenvalue weighted by atomic mass is 35.5. The van der Waals surface area contributed by atoms with Crippen LogP contribution >= 0.6 is 12.4 Å². The number of phenolic OH excluding ortho intramolecular Hbond substituents is 1. The fourth-order valence-corrected chi connectivity index (χ4v) is 7.74. The highest BCUT2D eigenvalue weighted by Gasteiger charge is 2.35. The summed E-state index contributed by atoms with van der Waals surface area (Å²) in [6.07, 6.45) is 4.13. The maximum atomic E-state index is 15.2. The number of anilines is 2. The van der Waals surface area contributed by atoms with E-state index in [9.17, 15) is 9.90 Å². The quantitative estimate of drug-likeness (QED) is 0.194. The van der Waals surface area contributed by atoms with Gasteiger partial charge in [0.15, 0.2) is 11.5 Å². The van der Waals surface area contributed by atoms with E-state index in [4.69, 9.17) is 18.9 Å². The van der Waals surface area contributed by atoms with Gasteiger partial charge in [0.1, 0.15) is 5.75 Å². The molecule has 55 heavy (non-hydrogen) atoms. The lowest BCUT2D eigenvalue weighted by Gasteiger charge is -2.40. The number of hydrogen-bond donors (Lipinski definition) is 1. The third-order valence-corrected chi connectivity index (χ3v) is 10.6. The van der Waals surface area contributed by atoms with E-state index in [0.717, 1.165) is 31.6 Å². The maximum Gasteiger partial charge on any atom is 0.264 e. The molecule has 1 saturated heterocycles. The van der Waals surface area contributed by atoms with Crippen molar-refractivity contribution in [1.29, 1.82) is 0 Å². The summed E-state index contributed by atoms with van der Waals surface area (Å²) in [5.74, 6) is 0.701. The molecule has 14 heteroatoms. The predicted molar refractivity (Wildman–Crippen MR) is 209 cm³/mol. The highest BCUT2D eigenvalue weighted by Crippen LogP contribution is 2.42. The molecule has 0 spiro atoms. The summed E-state index contributed by atoms with van der Waals surface area (Å²) in [5.41, 5.74) is 6.41. The van der Waals surface area contributed by atoms with Crippen LogP contribution in [0, 0.1) is 6.92 Å².